The third kappa shape index (κ3) is 6.22. The molecule has 0 aliphatic carbocycles. The molecule has 5 heteroatoms. The van der Waals surface area contributed by atoms with Crippen molar-refractivity contribution >= 4 is 17.5 Å². The van der Waals surface area contributed by atoms with Gasteiger partial charge in [0, 0.05) is 5.69 Å². The number of benzene rings is 2. The molecule has 0 spiro atoms. The fourth-order valence-electron chi connectivity index (χ4n) is 3.29. The highest BCUT2D eigenvalue weighted by Gasteiger charge is 2.17. The van der Waals surface area contributed by atoms with E-state index in [0.717, 1.165) is 27.3 Å². The molecule has 5 nitrogen and oxygen atoms in total. The van der Waals surface area contributed by atoms with Crippen LogP contribution in [0.2, 0.25) is 0 Å². The molecule has 0 heterocycles. The second-order valence-corrected chi connectivity index (χ2v) is 7.33. The van der Waals surface area contributed by atoms with Crippen LogP contribution in [0.4, 0.5) is 5.69 Å². The van der Waals surface area contributed by atoms with Crippen molar-refractivity contribution in [3.8, 4) is 0 Å². The Morgan fingerprint density at radius 2 is 1.52 bits per heavy atom. The molecule has 1 unspecified atom stereocenters. The van der Waals surface area contributed by atoms with Gasteiger partial charge >= 0.3 is 0 Å². The summed E-state index contributed by atoms with van der Waals surface area (Å²) in [5.41, 5.74) is 5.20. The summed E-state index contributed by atoms with van der Waals surface area (Å²) < 4.78 is 0. The van der Waals surface area contributed by atoms with Gasteiger partial charge in [0.25, 0.3) is 11.8 Å². The van der Waals surface area contributed by atoms with E-state index in [-0.39, 0.29) is 30.9 Å². The molecule has 2 atom stereocenters. The molecule has 3 N–H and O–H groups in total. The Morgan fingerprint density at radius 1 is 0.963 bits per heavy atom. The van der Waals surface area contributed by atoms with Gasteiger partial charge in [-0.25, -0.2) is 0 Å². The Kier molecular flexibility index (Phi) is 7.13. The third-order valence-electron chi connectivity index (χ3n) is 4.54. The summed E-state index contributed by atoms with van der Waals surface area (Å²) in [5, 5.41) is 5.97. The molecule has 2 rings (SSSR count). The van der Waals surface area contributed by atoms with Crippen LogP contribution < -0.4 is 15.5 Å². The van der Waals surface area contributed by atoms with Crippen LogP contribution in [0.25, 0.3) is 0 Å². The van der Waals surface area contributed by atoms with Crippen molar-refractivity contribution in [1.29, 1.82) is 0 Å². The zero-order valence-corrected chi connectivity index (χ0v) is 16.8. The van der Waals surface area contributed by atoms with Crippen LogP contribution in [0.3, 0.4) is 0 Å². The Hall–Kier alpha value is -2.66. The van der Waals surface area contributed by atoms with Crippen LogP contribution in [-0.2, 0) is 9.59 Å². The van der Waals surface area contributed by atoms with Crippen molar-refractivity contribution in [1.82, 2.24) is 5.32 Å². The van der Waals surface area contributed by atoms with Crippen molar-refractivity contribution in [2.45, 2.75) is 33.7 Å². The molecular weight excluding hydrogens is 338 g/mol. The highest BCUT2D eigenvalue weighted by atomic mass is 16.2. The zero-order chi connectivity index (χ0) is 20.0. The summed E-state index contributed by atoms with van der Waals surface area (Å²) in [7, 11) is 1.85. The van der Waals surface area contributed by atoms with Gasteiger partial charge in [-0.2, -0.15) is 0 Å². The maximum absolute atomic E-state index is 12.4. The van der Waals surface area contributed by atoms with Crippen LogP contribution in [0.1, 0.15) is 35.2 Å². The summed E-state index contributed by atoms with van der Waals surface area (Å²) in [5.74, 6) is -0.161. The molecule has 0 aliphatic rings. The molecule has 144 valence electrons. The van der Waals surface area contributed by atoms with Gasteiger partial charge in [-0.3, -0.25) is 9.59 Å². The highest BCUT2D eigenvalue weighted by Crippen LogP contribution is 2.21. The fourth-order valence-corrected chi connectivity index (χ4v) is 3.29. The number of carbonyl (C=O) groups excluding carboxylic acids is 2. The average molecular weight is 369 g/mol. The topological polar surface area (TPSA) is 62.6 Å². The largest absolute Gasteiger partial charge is 0.345 e. The molecule has 2 amide bonds. The number of nitrogens with one attached hydrogen (secondary N) is 3. The maximum atomic E-state index is 12.4. The predicted octanol–water partition coefficient (Wildman–Crippen LogP) is 1.94. The molecule has 2 aromatic carbocycles. The molecule has 0 aromatic heterocycles. The summed E-state index contributed by atoms with van der Waals surface area (Å²) >= 11 is 0. The molecule has 0 radical (unpaired) electrons. The Morgan fingerprint density at radius 3 is 2.11 bits per heavy atom. The Bertz CT molecular complexity index is 779. The number of quaternary nitrogens is 1. The van der Waals surface area contributed by atoms with Crippen LogP contribution in [0.5, 0.6) is 0 Å². The molecule has 0 aliphatic heterocycles. The van der Waals surface area contributed by atoms with Gasteiger partial charge in [-0.1, -0.05) is 48.0 Å². The summed E-state index contributed by atoms with van der Waals surface area (Å²) in [4.78, 5) is 25.5. The number of amides is 2. The van der Waals surface area contributed by atoms with Crippen molar-refractivity contribution in [3.05, 3.63) is 64.7 Å². The van der Waals surface area contributed by atoms with E-state index in [4.69, 9.17) is 0 Å². The first kappa shape index (κ1) is 20.6. The maximum Gasteiger partial charge on any atom is 0.279 e. The lowest BCUT2D eigenvalue weighted by Crippen LogP contribution is -3.11. The fraction of sp³-hybridized carbons (Fsp3) is 0.364. The van der Waals surface area contributed by atoms with Gasteiger partial charge in [0.15, 0.2) is 13.1 Å². The minimum Gasteiger partial charge on any atom is -0.345 e. The van der Waals surface area contributed by atoms with E-state index in [9.17, 15) is 9.59 Å². The van der Waals surface area contributed by atoms with Crippen LogP contribution >= 0.6 is 0 Å². The monoisotopic (exact) mass is 368 g/mol. The lowest BCUT2D eigenvalue weighted by molar-refractivity contribution is -0.862. The van der Waals surface area contributed by atoms with Gasteiger partial charge in [-0.15, -0.1) is 0 Å². The summed E-state index contributed by atoms with van der Waals surface area (Å²) in [6.45, 7) is 8.46. The predicted molar refractivity (Wildman–Crippen MR) is 109 cm³/mol. The normalized spacial score (nSPS) is 12.9. The standard InChI is InChI=1S/C22H29N3O2/c1-15-11-16(2)22(17(3)12-15)24-21(27)14-25(5)13-20(26)23-18(4)19-9-7-6-8-10-19/h6-12,18H,13-14H2,1-5H3,(H,23,26)(H,24,27)/p+1/t18-/m1/s1. The number of anilines is 1. The molecule has 0 bridgehead atoms. The van der Waals surface area contributed by atoms with Crippen molar-refractivity contribution in [2.75, 3.05) is 25.5 Å². The summed E-state index contributed by atoms with van der Waals surface area (Å²) in [6.07, 6.45) is 0. The van der Waals surface area contributed by atoms with Crippen molar-refractivity contribution in [3.63, 3.8) is 0 Å². The smallest absolute Gasteiger partial charge is 0.279 e. The Balaban J connectivity index is 1.85. The summed E-state index contributed by atoms with van der Waals surface area (Å²) in [6, 6.07) is 13.9. The lowest BCUT2D eigenvalue weighted by Gasteiger charge is -2.18. The number of hydrogen-bond acceptors (Lipinski definition) is 2. The Labute approximate surface area is 161 Å². The number of carbonyl (C=O) groups is 2. The molecule has 2 aromatic rings. The van der Waals surface area contributed by atoms with Gasteiger partial charge in [0.2, 0.25) is 0 Å². The van der Waals surface area contributed by atoms with E-state index in [1.165, 1.54) is 5.56 Å². The zero-order valence-electron chi connectivity index (χ0n) is 16.8. The second kappa shape index (κ2) is 9.33. The minimum atomic E-state index is -0.0912. The molecule has 0 saturated heterocycles. The van der Waals surface area contributed by atoms with E-state index >= 15 is 0 Å². The van der Waals surface area contributed by atoms with Crippen LogP contribution in [0, 0.1) is 20.8 Å². The van der Waals surface area contributed by atoms with E-state index in [1.54, 1.807) is 0 Å². The number of rotatable bonds is 7. The van der Waals surface area contributed by atoms with Gasteiger partial charge in [0.1, 0.15) is 0 Å². The minimum absolute atomic E-state index is 0.0572. The highest BCUT2D eigenvalue weighted by molar-refractivity contribution is 5.93. The molecular formula is C22H30N3O2+. The van der Waals surface area contributed by atoms with E-state index < -0.39 is 0 Å². The average Bonchev–Trinajstić information content (AvgIpc) is 2.58. The second-order valence-electron chi connectivity index (χ2n) is 7.33. The SMILES string of the molecule is Cc1cc(C)c(NC(=O)C[NH+](C)CC(=O)N[C@H](C)c2ccccc2)c(C)c1. The number of likely N-dealkylation sites (N-methyl/N-ethyl adjacent to an activating group) is 1. The van der Waals surface area contributed by atoms with Crippen LogP contribution in [0.15, 0.2) is 42.5 Å². The molecule has 0 fully saturated rings. The number of hydrogen-bond donors (Lipinski definition) is 3. The third-order valence-corrected chi connectivity index (χ3v) is 4.54. The first-order valence-corrected chi connectivity index (χ1v) is 9.29. The van der Waals surface area contributed by atoms with Crippen molar-refractivity contribution < 1.29 is 14.5 Å². The van der Waals surface area contributed by atoms with Crippen LogP contribution in [-0.4, -0.2) is 32.0 Å². The van der Waals surface area contributed by atoms with Gasteiger partial charge in [0.05, 0.1) is 13.1 Å². The molecule has 0 saturated carbocycles. The first-order valence-electron chi connectivity index (χ1n) is 9.29. The van der Waals surface area contributed by atoms with Crippen molar-refractivity contribution in [2.24, 2.45) is 0 Å². The number of aryl methyl sites for hydroxylation is 3. The lowest BCUT2D eigenvalue weighted by atomic mass is 10.1. The molecule has 27 heavy (non-hydrogen) atoms. The quantitative estimate of drug-likeness (QED) is 0.699. The van der Waals surface area contributed by atoms with E-state index in [0.29, 0.717) is 0 Å². The van der Waals surface area contributed by atoms with E-state index in [1.807, 2.05) is 65.1 Å². The van der Waals surface area contributed by atoms with Gasteiger partial charge < -0.3 is 15.5 Å². The van der Waals surface area contributed by atoms with Gasteiger partial charge in [-0.05, 0) is 44.4 Å². The van der Waals surface area contributed by atoms with E-state index in [2.05, 4.69) is 22.8 Å². The first-order chi connectivity index (χ1) is 12.8.